The van der Waals surface area contributed by atoms with Crippen LogP contribution < -0.4 is 11.5 Å². The molecular formula is C10H16BrN3. The van der Waals surface area contributed by atoms with E-state index in [0.29, 0.717) is 11.4 Å². The number of allylic oxidation sites excluding steroid dienone is 2. The summed E-state index contributed by atoms with van der Waals surface area (Å²) in [6.07, 6.45) is 3.39. The Kier molecular flexibility index (Phi) is 3.75. The zero-order valence-electron chi connectivity index (χ0n) is 8.60. The number of aliphatic imine (C=N–C) groups is 1. The largest absolute Gasteiger partial charge is 0.400 e. The molecule has 4 heteroatoms. The van der Waals surface area contributed by atoms with E-state index in [1.165, 1.54) is 12.0 Å². The highest BCUT2D eigenvalue weighted by Crippen LogP contribution is 2.30. The van der Waals surface area contributed by atoms with Crippen LogP contribution in [0.1, 0.15) is 33.1 Å². The Hall–Kier alpha value is -0.770. The van der Waals surface area contributed by atoms with Gasteiger partial charge >= 0.3 is 0 Å². The fraction of sp³-hybridized carbons (Fsp3) is 0.500. The van der Waals surface area contributed by atoms with Gasteiger partial charge in [-0.2, -0.15) is 0 Å². The second-order valence-electron chi connectivity index (χ2n) is 3.51. The average Bonchev–Trinajstić information content (AvgIpc) is 1.95. The molecule has 0 unspecified atom stereocenters. The molecule has 1 saturated carbocycles. The maximum absolute atomic E-state index is 5.99. The molecule has 0 atom stereocenters. The minimum absolute atomic E-state index is 0.667. The third-order valence-electron chi connectivity index (χ3n) is 2.23. The highest BCUT2D eigenvalue weighted by Gasteiger charge is 2.16. The van der Waals surface area contributed by atoms with Crippen LogP contribution in [0.2, 0.25) is 0 Å². The first kappa shape index (κ1) is 11.3. The maximum atomic E-state index is 5.99. The Bertz CT molecular complexity index is 312. The van der Waals surface area contributed by atoms with Gasteiger partial charge in [-0.3, -0.25) is 0 Å². The molecule has 4 N–H and O–H groups in total. The monoisotopic (exact) mass is 257 g/mol. The Labute approximate surface area is 93.1 Å². The van der Waals surface area contributed by atoms with Crippen LogP contribution in [-0.2, 0) is 0 Å². The van der Waals surface area contributed by atoms with Crippen molar-refractivity contribution in [2.24, 2.45) is 16.5 Å². The molecule has 0 aromatic carbocycles. The molecule has 0 saturated heterocycles. The minimum Gasteiger partial charge on any atom is -0.400 e. The first-order valence-electron chi connectivity index (χ1n) is 4.67. The molecule has 0 heterocycles. The van der Waals surface area contributed by atoms with Crippen LogP contribution in [0.4, 0.5) is 0 Å². The van der Waals surface area contributed by atoms with Crippen LogP contribution in [0.3, 0.4) is 0 Å². The van der Waals surface area contributed by atoms with Crippen molar-refractivity contribution in [1.82, 2.24) is 0 Å². The molecule has 0 aromatic heterocycles. The first-order valence-corrected chi connectivity index (χ1v) is 5.46. The number of rotatable bonds is 2. The maximum Gasteiger partial charge on any atom is 0.105 e. The quantitative estimate of drug-likeness (QED) is 0.747. The van der Waals surface area contributed by atoms with E-state index in [0.717, 1.165) is 23.2 Å². The Morgan fingerprint density at radius 1 is 1.29 bits per heavy atom. The zero-order chi connectivity index (χ0) is 10.7. The summed E-state index contributed by atoms with van der Waals surface area (Å²) in [5.74, 6) is 0. The summed E-state index contributed by atoms with van der Waals surface area (Å²) in [6, 6.07) is 0. The van der Waals surface area contributed by atoms with E-state index >= 15 is 0 Å². The van der Waals surface area contributed by atoms with Crippen LogP contribution in [0.15, 0.2) is 27.7 Å². The molecule has 0 bridgehead atoms. The van der Waals surface area contributed by atoms with Gasteiger partial charge in [0.25, 0.3) is 0 Å². The molecule has 1 rings (SSSR count). The average molecular weight is 258 g/mol. The molecular weight excluding hydrogens is 242 g/mol. The normalized spacial score (nSPS) is 18.8. The highest BCUT2D eigenvalue weighted by atomic mass is 79.9. The van der Waals surface area contributed by atoms with E-state index in [-0.39, 0.29) is 0 Å². The van der Waals surface area contributed by atoms with Crippen LogP contribution in [-0.4, -0.2) is 4.62 Å². The van der Waals surface area contributed by atoms with Gasteiger partial charge in [0.1, 0.15) is 5.70 Å². The second kappa shape index (κ2) is 4.64. The van der Waals surface area contributed by atoms with E-state index in [4.69, 9.17) is 11.5 Å². The number of hydrogen-bond acceptors (Lipinski definition) is 3. The van der Waals surface area contributed by atoms with Gasteiger partial charge in [0.15, 0.2) is 0 Å². The van der Waals surface area contributed by atoms with Gasteiger partial charge < -0.3 is 11.5 Å². The van der Waals surface area contributed by atoms with Gasteiger partial charge in [0, 0.05) is 5.70 Å². The first-order chi connectivity index (χ1) is 6.52. The van der Waals surface area contributed by atoms with Gasteiger partial charge in [-0.25, -0.2) is 4.99 Å². The van der Waals surface area contributed by atoms with Gasteiger partial charge in [-0.15, -0.1) is 0 Å². The molecule has 1 aliphatic carbocycles. The van der Waals surface area contributed by atoms with E-state index in [1.54, 1.807) is 0 Å². The van der Waals surface area contributed by atoms with Crippen LogP contribution in [0, 0.1) is 0 Å². The Morgan fingerprint density at radius 3 is 2.14 bits per heavy atom. The van der Waals surface area contributed by atoms with Crippen molar-refractivity contribution in [1.29, 1.82) is 0 Å². The molecule has 3 nitrogen and oxygen atoms in total. The summed E-state index contributed by atoms with van der Waals surface area (Å²) in [6.45, 7) is 3.68. The number of halogens is 1. The lowest BCUT2D eigenvalue weighted by Gasteiger charge is -2.20. The van der Waals surface area contributed by atoms with Crippen LogP contribution in [0.5, 0.6) is 0 Å². The predicted octanol–water partition coefficient (Wildman–Crippen LogP) is 2.39. The number of nitrogens with zero attached hydrogens (tertiary/aromatic N) is 1. The lowest BCUT2D eigenvalue weighted by molar-refractivity contribution is 0.649. The Morgan fingerprint density at radius 2 is 1.86 bits per heavy atom. The molecule has 0 aromatic rings. The molecule has 0 spiro atoms. The van der Waals surface area contributed by atoms with Gasteiger partial charge in [0.05, 0.1) is 10.3 Å². The minimum atomic E-state index is 0.667. The third-order valence-corrected chi connectivity index (χ3v) is 2.41. The molecule has 1 fully saturated rings. The van der Waals surface area contributed by atoms with Crippen LogP contribution >= 0.6 is 15.9 Å². The third kappa shape index (κ3) is 2.61. The van der Waals surface area contributed by atoms with Crippen molar-refractivity contribution in [3.8, 4) is 0 Å². The van der Waals surface area contributed by atoms with Crippen LogP contribution in [0.25, 0.3) is 0 Å². The lowest BCUT2D eigenvalue weighted by Crippen LogP contribution is -2.13. The molecule has 14 heavy (non-hydrogen) atoms. The smallest absolute Gasteiger partial charge is 0.105 e. The van der Waals surface area contributed by atoms with Crippen molar-refractivity contribution in [3.05, 3.63) is 22.7 Å². The van der Waals surface area contributed by atoms with Crippen molar-refractivity contribution in [2.45, 2.75) is 33.1 Å². The van der Waals surface area contributed by atoms with E-state index in [1.807, 2.05) is 13.8 Å². The van der Waals surface area contributed by atoms with Gasteiger partial charge in [-0.05, 0) is 54.6 Å². The fourth-order valence-electron chi connectivity index (χ4n) is 1.31. The summed E-state index contributed by atoms with van der Waals surface area (Å²) in [4.78, 5) is 4.28. The van der Waals surface area contributed by atoms with Crippen molar-refractivity contribution in [3.63, 3.8) is 0 Å². The number of hydrogen-bond donors (Lipinski definition) is 2. The SMILES string of the molecule is C/C(Br)=N\C(C(N)=C1CCC1)=C(/C)N. The van der Waals surface area contributed by atoms with Crippen molar-refractivity contribution in [2.75, 3.05) is 0 Å². The van der Waals surface area contributed by atoms with Gasteiger partial charge in [0.2, 0.25) is 0 Å². The molecule has 78 valence electrons. The summed E-state index contributed by atoms with van der Waals surface area (Å²) in [5, 5.41) is 0. The Balaban J connectivity index is 3.02. The standard InChI is InChI=1S/C10H16BrN3/c1-6(12)10(14-7(2)11)9(13)8-4-3-5-8/h3-5,12-13H2,1-2H3/b10-6+,14-7+. The highest BCUT2D eigenvalue weighted by molar-refractivity contribution is 9.18. The summed E-state index contributed by atoms with van der Waals surface area (Å²) in [5.41, 5.74) is 15.1. The molecule has 0 amide bonds. The lowest BCUT2D eigenvalue weighted by atomic mass is 9.89. The van der Waals surface area contributed by atoms with E-state index < -0.39 is 0 Å². The van der Waals surface area contributed by atoms with Crippen molar-refractivity contribution < 1.29 is 0 Å². The van der Waals surface area contributed by atoms with E-state index in [2.05, 4.69) is 20.9 Å². The summed E-state index contributed by atoms with van der Waals surface area (Å²) in [7, 11) is 0. The predicted molar refractivity (Wildman–Crippen MR) is 64.0 cm³/mol. The zero-order valence-corrected chi connectivity index (χ0v) is 10.2. The van der Waals surface area contributed by atoms with Crippen molar-refractivity contribution >= 4 is 20.6 Å². The number of nitrogens with two attached hydrogens (primary N) is 2. The molecule has 0 aliphatic heterocycles. The fourth-order valence-corrected chi connectivity index (χ4v) is 1.48. The topological polar surface area (TPSA) is 64.4 Å². The summed E-state index contributed by atoms with van der Waals surface area (Å²) >= 11 is 3.28. The molecule has 1 aliphatic rings. The molecule has 0 radical (unpaired) electrons. The van der Waals surface area contributed by atoms with E-state index in [9.17, 15) is 0 Å². The second-order valence-corrected chi connectivity index (χ2v) is 4.66. The van der Waals surface area contributed by atoms with Gasteiger partial charge in [-0.1, -0.05) is 0 Å². The summed E-state index contributed by atoms with van der Waals surface area (Å²) < 4.78 is 0.792.